The molecule has 0 aliphatic carbocycles. The number of carbonyl (C=O) groups is 2. The highest BCUT2D eigenvalue weighted by Crippen LogP contribution is 2.28. The van der Waals surface area contributed by atoms with Gasteiger partial charge in [-0.15, -0.1) is 0 Å². The normalized spacial score (nSPS) is 11.9. The predicted molar refractivity (Wildman–Crippen MR) is 83.9 cm³/mol. The number of aliphatic carboxylic acids is 2. The number of carboxylic acid groups (broad SMARTS) is 2. The zero-order valence-corrected chi connectivity index (χ0v) is 12.3. The molecule has 2 rings (SSSR count). The zero-order valence-electron chi connectivity index (χ0n) is 12.3. The monoisotopic (exact) mass is 298 g/mol. The molecule has 2 aromatic carbocycles. The van der Waals surface area contributed by atoms with Gasteiger partial charge in [-0.1, -0.05) is 48.5 Å². The molecule has 0 spiro atoms. The van der Waals surface area contributed by atoms with E-state index in [4.69, 9.17) is 10.2 Å². The Morgan fingerprint density at radius 1 is 1.05 bits per heavy atom. The fourth-order valence-corrected chi connectivity index (χ4v) is 2.37. The first kappa shape index (κ1) is 15.8. The molecule has 1 unspecified atom stereocenters. The van der Waals surface area contributed by atoms with Crippen molar-refractivity contribution in [1.82, 2.24) is 0 Å². The first-order valence-electron chi connectivity index (χ1n) is 7.12. The van der Waals surface area contributed by atoms with E-state index in [-0.39, 0.29) is 6.42 Å². The summed E-state index contributed by atoms with van der Waals surface area (Å²) >= 11 is 0. The van der Waals surface area contributed by atoms with E-state index in [1.807, 2.05) is 42.5 Å². The van der Waals surface area contributed by atoms with Gasteiger partial charge in [-0.3, -0.25) is 9.59 Å². The third-order valence-corrected chi connectivity index (χ3v) is 3.69. The minimum Gasteiger partial charge on any atom is -0.481 e. The lowest BCUT2D eigenvalue weighted by molar-refractivity contribution is -0.138. The Morgan fingerprint density at radius 3 is 2.32 bits per heavy atom. The van der Waals surface area contributed by atoms with Gasteiger partial charge in [0.15, 0.2) is 0 Å². The first-order chi connectivity index (χ1) is 10.5. The van der Waals surface area contributed by atoms with Crippen LogP contribution in [0.1, 0.15) is 30.4 Å². The summed E-state index contributed by atoms with van der Waals surface area (Å²) in [5.74, 6) is -2.37. The van der Waals surface area contributed by atoms with Crippen molar-refractivity contribution in [3.8, 4) is 11.1 Å². The summed E-state index contributed by atoms with van der Waals surface area (Å²) in [5.41, 5.74) is 3.49. The maximum atomic E-state index is 11.1. The zero-order chi connectivity index (χ0) is 16.1. The van der Waals surface area contributed by atoms with Crippen molar-refractivity contribution in [2.75, 3.05) is 0 Å². The van der Waals surface area contributed by atoms with Crippen LogP contribution in [-0.2, 0) is 16.0 Å². The van der Waals surface area contributed by atoms with E-state index in [0.29, 0.717) is 12.0 Å². The average Bonchev–Trinajstić information content (AvgIpc) is 2.52. The minimum atomic E-state index is -0.892. The summed E-state index contributed by atoms with van der Waals surface area (Å²) in [6.45, 7) is 1.63. The Bertz CT molecular complexity index is 677. The van der Waals surface area contributed by atoms with Gasteiger partial charge < -0.3 is 10.2 Å². The van der Waals surface area contributed by atoms with Gasteiger partial charge in [0.1, 0.15) is 0 Å². The smallest absolute Gasteiger partial charge is 0.310 e. The second-order valence-corrected chi connectivity index (χ2v) is 5.24. The lowest BCUT2D eigenvalue weighted by Gasteiger charge is -2.14. The van der Waals surface area contributed by atoms with Gasteiger partial charge in [-0.05, 0) is 35.6 Å². The van der Waals surface area contributed by atoms with E-state index in [0.717, 1.165) is 16.7 Å². The molecular weight excluding hydrogens is 280 g/mol. The molecule has 2 N–H and O–H groups in total. The molecule has 114 valence electrons. The van der Waals surface area contributed by atoms with Gasteiger partial charge in [0, 0.05) is 6.42 Å². The van der Waals surface area contributed by atoms with Crippen molar-refractivity contribution >= 4 is 11.9 Å². The molecule has 2 aromatic rings. The maximum Gasteiger partial charge on any atom is 0.310 e. The number of hydrogen-bond donors (Lipinski definition) is 2. The lowest BCUT2D eigenvalue weighted by atomic mass is 9.91. The van der Waals surface area contributed by atoms with Gasteiger partial charge in [0.25, 0.3) is 0 Å². The molecule has 0 fully saturated rings. The highest BCUT2D eigenvalue weighted by molar-refractivity contribution is 5.77. The van der Waals surface area contributed by atoms with Crippen LogP contribution in [0.25, 0.3) is 11.1 Å². The third-order valence-electron chi connectivity index (χ3n) is 3.69. The molecule has 4 nitrogen and oxygen atoms in total. The molecular formula is C18H18O4. The van der Waals surface area contributed by atoms with Crippen LogP contribution in [0.15, 0.2) is 48.5 Å². The second-order valence-electron chi connectivity index (χ2n) is 5.24. The van der Waals surface area contributed by atoms with Crippen LogP contribution in [0.5, 0.6) is 0 Å². The lowest BCUT2D eigenvalue weighted by Crippen LogP contribution is -2.08. The van der Waals surface area contributed by atoms with Crippen LogP contribution < -0.4 is 0 Å². The van der Waals surface area contributed by atoms with Crippen molar-refractivity contribution in [2.45, 2.75) is 25.7 Å². The number of rotatable bonds is 6. The summed E-state index contributed by atoms with van der Waals surface area (Å²) in [6, 6.07) is 15.2. The summed E-state index contributed by atoms with van der Waals surface area (Å²) in [6.07, 6.45) is 0.393. The van der Waals surface area contributed by atoms with Crippen LogP contribution in [0, 0.1) is 0 Å². The van der Waals surface area contributed by atoms with Crippen molar-refractivity contribution in [2.24, 2.45) is 0 Å². The number of aryl methyl sites for hydroxylation is 1. The Balaban J connectivity index is 2.44. The molecule has 0 amide bonds. The van der Waals surface area contributed by atoms with Crippen molar-refractivity contribution in [3.05, 3.63) is 59.7 Å². The van der Waals surface area contributed by atoms with E-state index in [9.17, 15) is 9.59 Å². The highest BCUT2D eigenvalue weighted by Gasteiger charge is 2.16. The molecule has 0 aromatic heterocycles. The van der Waals surface area contributed by atoms with Gasteiger partial charge in [0.2, 0.25) is 0 Å². The molecule has 0 aliphatic heterocycles. The maximum absolute atomic E-state index is 11.1. The Kier molecular flexibility index (Phi) is 4.94. The Morgan fingerprint density at radius 2 is 1.73 bits per heavy atom. The van der Waals surface area contributed by atoms with E-state index < -0.39 is 17.9 Å². The summed E-state index contributed by atoms with van der Waals surface area (Å²) in [4.78, 5) is 22.0. The van der Waals surface area contributed by atoms with Crippen LogP contribution in [0.3, 0.4) is 0 Å². The van der Waals surface area contributed by atoms with E-state index in [2.05, 4.69) is 0 Å². The van der Waals surface area contributed by atoms with Gasteiger partial charge in [-0.25, -0.2) is 0 Å². The topological polar surface area (TPSA) is 74.6 Å². The molecule has 0 bridgehead atoms. The van der Waals surface area contributed by atoms with Gasteiger partial charge >= 0.3 is 11.9 Å². The standard InChI is InChI=1S/C18H18O4/c1-12(18(21)22)14-7-9-16(13-5-3-2-4-6-13)15(11-14)8-10-17(19)20/h2-7,9,11-12H,8,10H2,1H3,(H,19,20)(H,21,22). The van der Waals surface area contributed by atoms with Crippen LogP contribution in [0.4, 0.5) is 0 Å². The molecule has 0 saturated carbocycles. The van der Waals surface area contributed by atoms with E-state index >= 15 is 0 Å². The molecule has 0 saturated heterocycles. The molecule has 1 atom stereocenters. The molecule has 4 heteroatoms. The second kappa shape index (κ2) is 6.89. The highest BCUT2D eigenvalue weighted by atomic mass is 16.4. The van der Waals surface area contributed by atoms with Gasteiger partial charge in [0.05, 0.1) is 5.92 Å². The molecule has 22 heavy (non-hydrogen) atoms. The summed E-state index contributed by atoms with van der Waals surface area (Å²) < 4.78 is 0. The Labute approximate surface area is 129 Å². The quantitative estimate of drug-likeness (QED) is 0.855. The SMILES string of the molecule is CC(C(=O)O)c1ccc(-c2ccccc2)c(CCC(=O)O)c1. The van der Waals surface area contributed by atoms with Crippen molar-refractivity contribution < 1.29 is 19.8 Å². The van der Waals surface area contributed by atoms with E-state index in [1.54, 1.807) is 13.0 Å². The summed E-state index contributed by atoms with van der Waals surface area (Å²) in [5, 5.41) is 18.0. The van der Waals surface area contributed by atoms with Crippen LogP contribution in [0.2, 0.25) is 0 Å². The fourth-order valence-electron chi connectivity index (χ4n) is 2.37. The van der Waals surface area contributed by atoms with Crippen LogP contribution >= 0.6 is 0 Å². The predicted octanol–water partition coefficient (Wildman–Crippen LogP) is 3.56. The largest absolute Gasteiger partial charge is 0.481 e. The third kappa shape index (κ3) is 3.73. The molecule has 0 aliphatic rings. The minimum absolute atomic E-state index is 0.0186. The van der Waals surface area contributed by atoms with Crippen molar-refractivity contribution in [3.63, 3.8) is 0 Å². The molecule has 0 radical (unpaired) electrons. The average molecular weight is 298 g/mol. The molecule has 0 heterocycles. The number of carboxylic acids is 2. The summed E-state index contributed by atoms with van der Waals surface area (Å²) in [7, 11) is 0. The number of hydrogen-bond acceptors (Lipinski definition) is 2. The number of benzene rings is 2. The first-order valence-corrected chi connectivity index (χ1v) is 7.12. The van der Waals surface area contributed by atoms with Gasteiger partial charge in [-0.2, -0.15) is 0 Å². The van der Waals surface area contributed by atoms with Crippen LogP contribution in [-0.4, -0.2) is 22.2 Å². The fraction of sp³-hybridized carbons (Fsp3) is 0.222. The Hall–Kier alpha value is -2.62. The van der Waals surface area contributed by atoms with Crippen molar-refractivity contribution in [1.29, 1.82) is 0 Å². The van der Waals surface area contributed by atoms with E-state index in [1.165, 1.54) is 0 Å².